The fraction of sp³-hybridized carbons (Fsp3) is 0.273. The molecule has 0 aliphatic heterocycles. The van der Waals surface area contributed by atoms with Gasteiger partial charge in [-0.2, -0.15) is 0 Å². The van der Waals surface area contributed by atoms with Crippen molar-refractivity contribution in [1.29, 1.82) is 0 Å². The Labute approximate surface area is 103 Å². The molecule has 0 bridgehead atoms. The maximum Gasteiger partial charge on any atom is 0.302 e. The Balaban J connectivity index is 2.99. The number of nitro groups is 1. The number of nitro benzene ring substituents is 1. The van der Waals surface area contributed by atoms with Gasteiger partial charge in [-0.3, -0.25) is 19.7 Å². The smallest absolute Gasteiger partial charge is 0.302 e. The second kappa shape index (κ2) is 5.76. The molecular weight excluding hydrogens is 240 g/mol. The van der Waals surface area contributed by atoms with Gasteiger partial charge in [-0.05, 0) is 11.6 Å². The Morgan fingerprint density at radius 1 is 1.39 bits per heavy atom. The Morgan fingerprint density at radius 2 is 2.06 bits per heavy atom. The molecular formula is C11H12N2O5. The first-order chi connectivity index (χ1) is 8.40. The van der Waals surface area contributed by atoms with Gasteiger partial charge < -0.3 is 10.1 Å². The lowest BCUT2D eigenvalue weighted by atomic mass is 10.2. The molecule has 7 heteroatoms. The third-order valence-electron chi connectivity index (χ3n) is 2.01. The molecule has 0 aliphatic rings. The van der Waals surface area contributed by atoms with Crippen LogP contribution in [0.25, 0.3) is 0 Å². The van der Waals surface area contributed by atoms with Crippen molar-refractivity contribution in [2.24, 2.45) is 0 Å². The van der Waals surface area contributed by atoms with Crippen LogP contribution in [0.15, 0.2) is 18.2 Å². The molecule has 0 aromatic heterocycles. The van der Waals surface area contributed by atoms with E-state index in [-0.39, 0.29) is 18.0 Å². The van der Waals surface area contributed by atoms with Crippen LogP contribution in [0, 0.1) is 10.1 Å². The van der Waals surface area contributed by atoms with Crippen molar-refractivity contribution in [3.8, 4) is 0 Å². The van der Waals surface area contributed by atoms with E-state index < -0.39 is 16.8 Å². The first kappa shape index (κ1) is 13.6. The summed E-state index contributed by atoms with van der Waals surface area (Å²) in [5.41, 5.74) is 0.347. The van der Waals surface area contributed by atoms with Crippen molar-refractivity contribution in [3.63, 3.8) is 0 Å². The van der Waals surface area contributed by atoms with Crippen LogP contribution in [0.3, 0.4) is 0 Å². The summed E-state index contributed by atoms with van der Waals surface area (Å²) in [5, 5.41) is 13.2. The summed E-state index contributed by atoms with van der Waals surface area (Å²) >= 11 is 0. The lowest BCUT2D eigenvalue weighted by Crippen LogP contribution is -2.08. The molecule has 96 valence electrons. The number of nitrogens with zero attached hydrogens (tertiary/aromatic N) is 1. The normalized spacial score (nSPS) is 9.67. The Kier molecular flexibility index (Phi) is 4.36. The van der Waals surface area contributed by atoms with Gasteiger partial charge in [0, 0.05) is 19.9 Å². The number of nitrogens with one attached hydrogen (secondary N) is 1. The average molecular weight is 252 g/mol. The van der Waals surface area contributed by atoms with Crippen LogP contribution < -0.4 is 5.32 Å². The highest BCUT2D eigenvalue weighted by molar-refractivity contribution is 5.91. The molecule has 1 aromatic rings. The lowest BCUT2D eigenvalue weighted by Gasteiger charge is -2.06. The van der Waals surface area contributed by atoms with Crippen molar-refractivity contribution in [2.45, 2.75) is 20.5 Å². The zero-order chi connectivity index (χ0) is 13.7. The Morgan fingerprint density at radius 3 is 2.56 bits per heavy atom. The summed E-state index contributed by atoms with van der Waals surface area (Å²) in [5.74, 6) is -0.866. The zero-order valence-electron chi connectivity index (χ0n) is 9.93. The molecule has 1 N–H and O–H groups in total. The molecule has 0 heterocycles. The van der Waals surface area contributed by atoms with Crippen LogP contribution in [0.2, 0.25) is 0 Å². The lowest BCUT2D eigenvalue weighted by molar-refractivity contribution is -0.384. The van der Waals surface area contributed by atoms with Gasteiger partial charge in [-0.25, -0.2) is 0 Å². The second-order valence-corrected chi connectivity index (χ2v) is 3.57. The quantitative estimate of drug-likeness (QED) is 0.498. The summed E-state index contributed by atoms with van der Waals surface area (Å²) in [6.07, 6.45) is 0. The third kappa shape index (κ3) is 3.85. The maximum atomic E-state index is 10.9. The van der Waals surface area contributed by atoms with Crippen molar-refractivity contribution in [2.75, 3.05) is 5.32 Å². The highest BCUT2D eigenvalue weighted by Crippen LogP contribution is 2.25. The van der Waals surface area contributed by atoms with Crippen molar-refractivity contribution in [1.82, 2.24) is 0 Å². The van der Waals surface area contributed by atoms with E-state index in [1.54, 1.807) is 6.07 Å². The van der Waals surface area contributed by atoms with Crippen LogP contribution in [0.5, 0.6) is 0 Å². The highest BCUT2D eigenvalue weighted by atomic mass is 16.6. The Bertz CT molecular complexity index is 498. The number of anilines is 1. The van der Waals surface area contributed by atoms with Crippen LogP contribution in [-0.4, -0.2) is 16.8 Å². The SMILES string of the molecule is CC(=O)Nc1ccc(COC(C)=O)cc1[N+](=O)[O-]. The van der Waals surface area contributed by atoms with Crippen LogP contribution in [-0.2, 0) is 20.9 Å². The van der Waals surface area contributed by atoms with E-state index in [4.69, 9.17) is 4.74 Å². The first-order valence-corrected chi connectivity index (χ1v) is 5.08. The summed E-state index contributed by atoms with van der Waals surface area (Å²) in [4.78, 5) is 31.8. The summed E-state index contributed by atoms with van der Waals surface area (Å²) in [7, 11) is 0. The molecule has 1 aromatic carbocycles. The number of ether oxygens (including phenoxy) is 1. The average Bonchev–Trinajstić information content (AvgIpc) is 2.26. The van der Waals surface area contributed by atoms with Crippen molar-refractivity contribution < 1.29 is 19.2 Å². The molecule has 0 unspecified atom stereocenters. The van der Waals surface area contributed by atoms with Gasteiger partial charge in [0.15, 0.2) is 0 Å². The molecule has 0 fully saturated rings. The molecule has 0 aliphatic carbocycles. The van der Waals surface area contributed by atoms with E-state index in [1.807, 2.05) is 0 Å². The van der Waals surface area contributed by atoms with Gasteiger partial charge in [-0.15, -0.1) is 0 Å². The minimum atomic E-state index is -0.609. The number of carbonyl (C=O) groups excluding carboxylic acids is 2. The number of amides is 1. The largest absolute Gasteiger partial charge is 0.461 e. The van der Waals surface area contributed by atoms with Gasteiger partial charge in [0.2, 0.25) is 5.91 Å². The van der Waals surface area contributed by atoms with E-state index in [0.717, 1.165) is 0 Å². The van der Waals surface area contributed by atoms with Crippen LogP contribution in [0.4, 0.5) is 11.4 Å². The van der Waals surface area contributed by atoms with E-state index >= 15 is 0 Å². The van der Waals surface area contributed by atoms with E-state index in [0.29, 0.717) is 5.56 Å². The minimum absolute atomic E-state index is 0.0451. The van der Waals surface area contributed by atoms with Gasteiger partial charge >= 0.3 is 5.97 Å². The fourth-order valence-electron chi connectivity index (χ4n) is 1.30. The van der Waals surface area contributed by atoms with Crippen LogP contribution in [0.1, 0.15) is 19.4 Å². The standard InChI is InChI=1S/C11H12N2O5/c1-7(14)12-10-4-3-9(6-18-8(2)15)5-11(10)13(16)17/h3-5H,6H2,1-2H3,(H,12,14). The summed E-state index contributed by atoms with van der Waals surface area (Å²) < 4.78 is 4.73. The van der Waals surface area contributed by atoms with Crippen molar-refractivity contribution >= 4 is 23.3 Å². The topological polar surface area (TPSA) is 98.5 Å². The molecule has 0 atom stereocenters. The molecule has 0 spiro atoms. The molecule has 1 rings (SSSR count). The molecule has 0 saturated heterocycles. The second-order valence-electron chi connectivity index (χ2n) is 3.57. The van der Waals surface area contributed by atoms with E-state index in [1.165, 1.54) is 26.0 Å². The molecule has 0 saturated carbocycles. The summed E-state index contributed by atoms with van der Waals surface area (Å²) in [6, 6.07) is 4.20. The van der Waals surface area contributed by atoms with Gasteiger partial charge in [-0.1, -0.05) is 6.07 Å². The molecule has 18 heavy (non-hydrogen) atoms. The fourth-order valence-corrected chi connectivity index (χ4v) is 1.30. The molecule has 1 amide bonds. The maximum absolute atomic E-state index is 10.9. The number of hydrogen-bond donors (Lipinski definition) is 1. The predicted molar refractivity (Wildman–Crippen MR) is 62.9 cm³/mol. The summed E-state index contributed by atoms with van der Waals surface area (Å²) in [6.45, 7) is 2.47. The third-order valence-corrected chi connectivity index (χ3v) is 2.01. The van der Waals surface area contributed by atoms with Crippen LogP contribution >= 0.6 is 0 Å². The zero-order valence-corrected chi connectivity index (χ0v) is 9.93. The number of esters is 1. The van der Waals surface area contributed by atoms with E-state index in [2.05, 4.69) is 5.32 Å². The molecule has 7 nitrogen and oxygen atoms in total. The number of carbonyl (C=O) groups is 2. The number of rotatable bonds is 4. The van der Waals surface area contributed by atoms with Gasteiger partial charge in [0.05, 0.1) is 4.92 Å². The van der Waals surface area contributed by atoms with E-state index in [9.17, 15) is 19.7 Å². The first-order valence-electron chi connectivity index (χ1n) is 5.08. The van der Waals surface area contributed by atoms with Gasteiger partial charge in [0.25, 0.3) is 5.69 Å². The molecule has 0 radical (unpaired) electrons. The number of hydrogen-bond acceptors (Lipinski definition) is 5. The van der Waals surface area contributed by atoms with Crippen molar-refractivity contribution in [3.05, 3.63) is 33.9 Å². The predicted octanol–water partition coefficient (Wildman–Crippen LogP) is 1.62. The Hall–Kier alpha value is -2.44. The van der Waals surface area contributed by atoms with Gasteiger partial charge in [0.1, 0.15) is 12.3 Å². The minimum Gasteiger partial charge on any atom is -0.461 e. The highest BCUT2D eigenvalue weighted by Gasteiger charge is 2.15. The number of benzene rings is 1. The monoisotopic (exact) mass is 252 g/mol.